The van der Waals surface area contributed by atoms with Gasteiger partial charge in [-0.15, -0.1) is 0 Å². The first-order valence-electron chi connectivity index (χ1n) is 8.52. The Kier molecular flexibility index (Phi) is 7.51. The Morgan fingerprint density at radius 2 is 1.37 bits per heavy atom. The molecule has 0 heterocycles. The normalized spacial score (nSPS) is 12.7. The van der Waals surface area contributed by atoms with Crippen LogP contribution in [0.15, 0.2) is 60.7 Å². The van der Waals surface area contributed by atoms with Crippen molar-refractivity contribution in [3.63, 3.8) is 0 Å². The molecular weight excluding hydrogens is 348 g/mol. The number of nitrogens with one attached hydrogen (secondary N) is 2. The molecule has 0 fully saturated rings. The number of rotatable bonds is 10. The molecule has 2 unspecified atom stereocenters. The van der Waals surface area contributed by atoms with Crippen molar-refractivity contribution in [1.29, 1.82) is 0 Å². The smallest absolute Gasteiger partial charge is 0.326 e. The van der Waals surface area contributed by atoms with Crippen molar-refractivity contribution in [2.24, 2.45) is 0 Å². The molecule has 0 aromatic heterocycles. The van der Waals surface area contributed by atoms with Crippen LogP contribution in [0.4, 0.5) is 0 Å². The van der Waals surface area contributed by atoms with Crippen LogP contribution < -0.4 is 10.6 Å². The van der Waals surface area contributed by atoms with Crippen molar-refractivity contribution in [1.82, 2.24) is 10.6 Å². The van der Waals surface area contributed by atoms with Crippen LogP contribution in [0.2, 0.25) is 0 Å². The van der Waals surface area contributed by atoms with E-state index in [0.717, 1.165) is 11.1 Å². The summed E-state index contributed by atoms with van der Waals surface area (Å²) in [5.41, 5.74) is 1.65. The third-order valence-corrected chi connectivity index (χ3v) is 3.99. The van der Waals surface area contributed by atoms with Gasteiger partial charge in [0.25, 0.3) is 0 Å². The summed E-state index contributed by atoms with van der Waals surface area (Å²) < 4.78 is 0. The number of carboxylic acids is 2. The summed E-state index contributed by atoms with van der Waals surface area (Å²) in [5, 5.41) is 23.8. The van der Waals surface area contributed by atoms with Gasteiger partial charge in [-0.2, -0.15) is 0 Å². The van der Waals surface area contributed by atoms with Crippen molar-refractivity contribution in [3.8, 4) is 0 Å². The van der Waals surface area contributed by atoms with E-state index in [9.17, 15) is 19.5 Å². The third kappa shape index (κ3) is 6.91. The van der Waals surface area contributed by atoms with Gasteiger partial charge in [-0.05, 0) is 11.1 Å². The molecule has 1 amide bonds. The minimum Gasteiger partial charge on any atom is -0.481 e. The summed E-state index contributed by atoms with van der Waals surface area (Å²) in [6.45, 7) is 0.294. The Hall–Kier alpha value is -3.19. The molecule has 142 valence electrons. The predicted octanol–water partition coefficient (Wildman–Crippen LogP) is 1.43. The van der Waals surface area contributed by atoms with Gasteiger partial charge in [0, 0.05) is 13.0 Å². The van der Waals surface area contributed by atoms with Crippen molar-refractivity contribution in [2.75, 3.05) is 0 Å². The Bertz CT molecular complexity index is 764. The van der Waals surface area contributed by atoms with Crippen LogP contribution in [0.5, 0.6) is 0 Å². The van der Waals surface area contributed by atoms with Crippen LogP contribution in [-0.2, 0) is 27.3 Å². The fourth-order valence-electron chi connectivity index (χ4n) is 2.59. The lowest BCUT2D eigenvalue weighted by molar-refractivity contribution is -0.143. The van der Waals surface area contributed by atoms with Gasteiger partial charge in [0.05, 0.1) is 12.5 Å². The highest BCUT2D eigenvalue weighted by Crippen LogP contribution is 2.05. The fraction of sp³-hybridized carbons (Fsp3) is 0.250. The SMILES string of the molecule is O=C(O)CC(NCc1ccccc1)C(=O)NC(Cc1ccccc1)C(=O)O. The minimum absolute atomic E-state index is 0.111. The maximum Gasteiger partial charge on any atom is 0.326 e. The number of amides is 1. The van der Waals surface area contributed by atoms with Gasteiger partial charge < -0.3 is 20.8 Å². The number of benzene rings is 2. The van der Waals surface area contributed by atoms with Crippen molar-refractivity contribution in [3.05, 3.63) is 71.8 Å². The first-order valence-corrected chi connectivity index (χ1v) is 8.52. The van der Waals surface area contributed by atoms with E-state index in [1.165, 1.54) is 0 Å². The second-order valence-corrected chi connectivity index (χ2v) is 6.11. The molecule has 0 saturated carbocycles. The molecule has 27 heavy (non-hydrogen) atoms. The minimum atomic E-state index is -1.18. The lowest BCUT2D eigenvalue weighted by Crippen LogP contribution is -2.51. The summed E-state index contributed by atoms with van der Waals surface area (Å²) in [4.78, 5) is 35.1. The molecule has 4 N–H and O–H groups in total. The van der Waals surface area contributed by atoms with Crippen molar-refractivity contribution >= 4 is 17.8 Å². The van der Waals surface area contributed by atoms with Gasteiger partial charge in [-0.25, -0.2) is 4.79 Å². The first-order chi connectivity index (χ1) is 13.0. The second-order valence-electron chi connectivity index (χ2n) is 6.11. The predicted molar refractivity (Wildman–Crippen MR) is 99.0 cm³/mol. The quantitative estimate of drug-likeness (QED) is 0.503. The van der Waals surface area contributed by atoms with E-state index in [2.05, 4.69) is 10.6 Å². The molecule has 2 atom stereocenters. The van der Waals surface area contributed by atoms with Gasteiger partial charge >= 0.3 is 11.9 Å². The lowest BCUT2D eigenvalue weighted by Gasteiger charge is -2.20. The molecule has 0 spiro atoms. The molecule has 0 aliphatic heterocycles. The van der Waals surface area contributed by atoms with E-state index in [0.29, 0.717) is 6.54 Å². The summed E-state index contributed by atoms with van der Waals surface area (Å²) in [6, 6.07) is 15.9. The van der Waals surface area contributed by atoms with E-state index >= 15 is 0 Å². The largest absolute Gasteiger partial charge is 0.481 e. The maximum absolute atomic E-state index is 12.5. The van der Waals surface area contributed by atoms with Crippen LogP contribution in [0.25, 0.3) is 0 Å². The van der Waals surface area contributed by atoms with Crippen LogP contribution in [-0.4, -0.2) is 40.1 Å². The van der Waals surface area contributed by atoms with E-state index < -0.39 is 36.4 Å². The van der Waals surface area contributed by atoms with E-state index in [-0.39, 0.29) is 6.42 Å². The van der Waals surface area contributed by atoms with Gasteiger partial charge in [0.15, 0.2) is 0 Å². The number of hydrogen-bond donors (Lipinski definition) is 4. The summed E-state index contributed by atoms with van der Waals surface area (Å²) in [7, 11) is 0. The second kappa shape index (κ2) is 10.1. The summed E-state index contributed by atoms with van der Waals surface area (Å²) >= 11 is 0. The maximum atomic E-state index is 12.5. The molecule has 0 bridgehead atoms. The standard InChI is InChI=1S/C20H22N2O5/c23-18(24)12-16(21-13-15-9-5-2-6-10-15)19(25)22-17(20(26)27)11-14-7-3-1-4-8-14/h1-10,16-17,21H,11-13H2,(H,22,25)(H,23,24)(H,26,27). The molecule has 7 nitrogen and oxygen atoms in total. The molecule has 2 rings (SSSR count). The number of carbonyl (C=O) groups is 3. The Morgan fingerprint density at radius 3 is 1.89 bits per heavy atom. The molecular formula is C20H22N2O5. The zero-order chi connectivity index (χ0) is 19.6. The fourth-order valence-corrected chi connectivity index (χ4v) is 2.59. The zero-order valence-corrected chi connectivity index (χ0v) is 14.7. The lowest BCUT2D eigenvalue weighted by atomic mass is 10.0. The zero-order valence-electron chi connectivity index (χ0n) is 14.7. The number of carbonyl (C=O) groups excluding carboxylic acids is 1. The molecule has 0 saturated heterocycles. The highest BCUT2D eigenvalue weighted by molar-refractivity contribution is 5.89. The van der Waals surface area contributed by atoms with Crippen LogP contribution in [0.1, 0.15) is 17.5 Å². The average Bonchev–Trinajstić information content (AvgIpc) is 2.65. The van der Waals surface area contributed by atoms with Crippen LogP contribution in [0, 0.1) is 0 Å². The third-order valence-electron chi connectivity index (χ3n) is 3.99. The molecule has 0 radical (unpaired) electrons. The van der Waals surface area contributed by atoms with Crippen molar-refractivity contribution in [2.45, 2.75) is 31.5 Å². The number of aliphatic carboxylic acids is 2. The van der Waals surface area contributed by atoms with E-state index in [1.54, 1.807) is 24.3 Å². The number of carboxylic acid groups (broad SMARTS) is 2. The molecule has 0 aliphatic rings. The van der Waals surface area contributed by atoms with E-state index in [1.807, 2.05) is 36.4 Å². The van der Waals surface area contributed by atoms with Gasteiger partial charge in [-0.3, -0.25) is 9.59 Å². The van der Waals surface area contributed by atoms with Gasteiger partial charge in [-0.1, -0.05) is 60.7 Å². The highest BCUT2D eigenvalue weighted by atomic mass is 16.4. The Labute approximate surface area is 157 Å². The Morgan fingerprint density at radius 1 is 0.815 bits per heavy atom. The summed E-state index contributed by atoms with van der Waals surface area (Å²) in [6.07, 6.45) is -0.337. The Balaban J connectivity index is 2.03. The molecule has 0 aliphatic carbocycles. The number of hydrogen-bond acceptors (Lipinski definition) is 4. The van der Waals surface area contributed by atoms with Crippen LogP contribution >= 0.6 is 0 Å². The average molecular weight is 370 g/mol. The monoisotopic (exact) mass is 370 g/mol. The van der Waals surface area contributed by atoms with Gasteiger partial charge in [0.1, 0.15) is 6.04 Å². The molecule has 7 heteroatoms. The van der Waals surface area contributed by atoms with Crippen molar-refractivity contribution < 1.29 is 24.6 Å². The molecule has 2 aromatic rings. The first kappa shape index (κ1) is 20.1. The highest BCUT2D eigenvalue weighted by Gasteiger charge is 2.27. The molecule has 2 aromatic carbocycles. The summed E-state index contributed by atoms with van der Waals surface area (Å²) in [5.74, 6) is -2.98. The van der Waals surface area contributed by atoms with Crippen LogP contribution in [0.3, 0.4) is 0 Å². The topological polar surface area (TPSA) is 116 Å². The van der Waals surface area contributed by atoms with Gasteiger partial charge in [0.2, 0.25) is 5.91 Å². The van der Waals surface area contributed by atoms with E-state index in [4.69, 9.17) is 5.11 Å².